The van der Waals surface area contributed by atoms with Crippen molar-refractivity contribution in [3.05, 3.63) is 53.9 Å². The molecule has 2 saturated heterocycles. The summed E-state index contributed by atoms with van der Waals surface area (Å²) >= 11 is 0. The molecule has 4 aromatic rings. The molecule has 0 radical (unpaired) electrons. The Morgan fingerprint density at radius 3 is 2.19 bits per heavy atom. The Hall–Kier alpha value is -5.57. The number of aromatic amines is 3. The van der Waals surface area contributed by atoms with Gasteiger partial charge in [0.25, 0.3) is 5.91 Å². The number of ether oxygens (including phenoxy) is 1. The van der Waals surface area contributed by atoms with E-state index in [1.165, 1.54) is 7.11 Å². The summed E-state index contributed by atoms with van der Waals surface area (Å²) in [7, 11) is 1.32. The fourth-order valence-electron chi connectivity index (χ4n) is 8.54. The molecular formula is C42H52N8O7. The van der Waals surface area contributed by atoms with E-state index in [1.54, 1.807) is 17.2 Å². The number of aliphatic hydroxyl groups is 1. The third-order valence-electron chi connectivity index (χ3n) is 11.8. The molecule has 15 nitrogen and oxygen atoms in total. The number of hydrogen-bond donors (Lipinski definition) is 5. The number of methoxy groups -OCH3 is 1. The zero-order valence-electron chi connectivity index (χ0n) is 33.2. The first kappa shape index (κ1) is 39.7. The zero-order valence-corrected chi connectivity index (χ0v) is 33.2. The zero-order chi connectivity index (χ0) is 40.5. The van der Waals surface area contributed by atoms with E-state index in [0.717, 1.165) is 58.0 Å². The maximum absolute atomic E-state index is 13.6. The third kappa shape index (κ3) is 8.16. The maximum atomic E-state index is 13.6. The smallest absolute Gasteiger partial charge is 0.306 e. The van der Waals surface area contributed by atoms with E-state index < -0.39 is 24.4 Å². The molecule has 3 aromatic heterocycles. The normalized spacial score (nSPS) is 19.4. The molecule has 4 atom stereocenters. The van der Waals surface area contributed by atoms with E-state index in [2.05, 4.69) is 31.3 Å². The predicted octanol–water partition coefficient (Wildman–Crippen LogP) is 5.52. The Labute approximate surface area is 330 Å². The number of likely N-dealkylation sites (tertiary alicyclic amines) is 2. The van der Waals surface area contributed by atoms with Gasteiger partial charge in [0.05, 0.1) is 37.7 Å². The number of Topliss-reactive ketones (excluding diaryl/α,β-unsaturated/α-hetero) is 1. The van der Waals surface area contributed by atoms with Crippen molar-refractivity contribution in [3.8, 4) is 0 Å². The minimum Gasteiger partial charge on any atom is -0.469 e. The fourth-order valence-corrected chi connectivity index (χ4v) is 8.54. The molecule has 0 spiro atoms. The molecule has 0 saturated carbocycles. The predicted molar refractivity (Wildman–Crippen MR) is 215 cm³/mol. The maximum Gasteiger partial charge on any atom is 0.306 e. The van der Waals surface area contributed by atoms with E-state index in [4.69, 9.17) is 9.73 Å². The number of esters is 1. The topological polar surface area (TPSA) is 206 Å². The summed E-state index contributed by atoms with van der Waals surface area (Å²) in [6, 6.07) is 7.46. The van der Waals surface area contributed by atoms with Gasteiger partial charge in [-0.3, -0.25) is 29.0 Å². The molecule has 6 heterocycles. The van der Waals surface area contributed by atoms with Crippen molar-refractivity contribution in [2.24, 2.45) is 28.7 Å². The lowest BCUT2D eigenvalue weighted by Gasteiger charge is -2.30. The van der Waals surface area contributed by atoms with Crippen LogP contribution in [0.5, 0.6) is 0 Å². The molecule has 3 aliphatic heterocycles. The number of hydrogen-bond acceptors (Lipinski definition) is 9. The van der Waals surface area contributed by atoms with Crippen molar-refractivity contribution in [1.82, 2.24) is 29.7 Å². The second-order valence-corrected chi connectivity index (χ2v) is 16.2. The number of imidazole rings is 1. The summed E-state index contributed by atoms with van der Waals surface area (Å²) in [5, 5.41) is 14.0. The second kappa shape index (κ2) is 16.5. The Kier molecular flexibility index (Phi) is 11.5. The van der Waals surface area contributed by atoms with Gasteiger partial charge in [-0.2, -0.15) is 0 Å². The number of nitrogens with zero attached hydrogens (tertiary/aromatic N) is 4. The van der Waals surface area contributed by atoms with Crippen LogP contribution < -0.4 is 5.32 Å². The van der Waals surface area contributed by atoms with E-state index in [0.29, 0.717) is 43.3 Å². The number of anilines is 1. The summed E-state index contributed by atoms with van der Waals surface area (Å²) in [6.07, 6.45) is 7.28. The number of allylic oxidation sites excluding steroid dienone is 1. The van der Waals surface area contributed by atoms with Crippen LogP contribution in [-0.4, -0.2) is 103 Å². The molecule has 0 bridgehead atoms. The van der Waals surface area contributed by atoms with Crippen LogP contribution in [-0.2, 0) is 23.9 Å². The molecule has 302 valence electrons. The lowest BCUT2D eigenvalue weighted by molar-refractivity contribution is -0.148. The van der Waals surface area contributed by atoms with Gasteiger partial charge in [-0.1, -0.05) is 27.7 Å². The first-order chi connectivity index (χ1) is 27.3. The van der Waals surface area contributed by atoms with Crippen LogP contribution in [0.25, 0.3) is 27.4 Å². The first-order valence-corrected chi connectivity index (χ1v) is 19.9. The molecule has 3 aliphatic rings. The summed E-state index contributed by atoms with van der Waals surface area (Å²) in [4.78, 5) is 87.6. The molecule has 3 amide bonds. The third-order valence-corrected chi connectivity index (χ3v) is 11.8. The molecule has 15 heteroatoms. The highest BCUT2D eigenvalue weighted by Gasteiger charge is 2.39. The van der Waals surface area contributed by atoms with Gasteiger partial charge in [0.2, 0.25) is 11.8 Å². The number of amides is 3. The van der Waals surface area contributed by atoms with Gasteiger partial charge in [0.1, 0.15) is 23.9 Å². The number of aromatic nitrogens is 4. The van der Waals surface area contributed by atoms with Crippen LogP contribution in [0.2, 0.25) is 0 Å². The number of aliphatic imine (C=N–C) groups is 1. The fraction of sp³-hybridized carbons (Fsp3) is 0.500. The molecule has 1 aromatic carbocycles. The molecule has 2 fully saturated rings. The standard InChI is InChI=1S/C42H52N8O7/c1-22(2)28(16-27(52)21-51)41(55)49-10-6-8-35(49)33-15-26(19-43-33)30-13-24-12-25-14-34(46-32(25)18-31(24)45-30)40(54)48-37-20-44-39(47-37)36-9-7-11-50(36)42(56)29(23(3)4)17-38(53)57-5/h12-14,18-20,22-23,28-29,35-36,45-46,51H,6-11,15-17,21H2,1-5H3,(H,44,47)(H,48,54)/t28?,29-,35?,36?/m0/s1. The Balaban J connectivity index is 0.991. The van der Waals surface area contributed by atoms with Gasteiger partial charge < -0.3 is 39.9 Å². The highest BCUT2D eigenvalue weighted by Crippen LogP contribution is 2.36. The van der Waals surface area contributed by atoms with E-state index in [1.807, 2.05) is 50.9 Å². The Morgan fingerprint density at radius 1 is 0.860 bits per heavy atom. The number of rotatable bonds is 14. The van der Waals surface area contributed by atoms with Crippen LogP contribution in [0.15, 0.2) is 41.7 Å². The highest BCUT2D eigenvalue weighted by molar-refractivity contribution is 6.08. The number of fused-ring (bicyclic) bond motifs is 2. The largest absolute Gasteiger partial charge is 0.469 e. The van der Waals surface area contributed by atoms with E-state index in [-0.39, 0.29) is 60.3 Å². The van der Waals surface area contributed by atoms with Gasteiger partial charge in [-0.25, -0.2) is 4.98 Å². The summed E-state index contributed by atoms with van der Waals surface area (Å²) < 4.78 is 4.84. The van der Waals surface area contributed by atoms with Crippen molar-refractivity contribution < 1.29 is 33.8 Å². The Morgan fingerprint density at radius 2 is 1.51 bits per heavy atom. The van der Waals surface area contributed by atoms with E-state index >= 15 is 0 Å². The van der Waals surface area contributed by atoms with Crippen molar-refractivity contribution >= 4 is 68.4 Å². The summed E-state index contributed by atoms with van der Waals surface area (Å²) in [6.45, 7) is 8.34. The number of aliphatic hydroxyl groups excluding tert-OH is 1. The summed E-state index contributed by atoms with van der Waals surface area (Å²) in [5.41, 5.74) is 4.94. The quantitative estimate of drug-likeness (QED) is 0.103. The molecule has 7 rings (SSSR count). The van der Waals surface area contributed by atoms with Crippen LogP contribution >= 0.6 is 0 Å². The molecule has 5 N–H and O–H groups in total. The van der Waals surface area contributed by atoms with Crippen molar-refractivity contribution in [3.63, 3.8) is 0 Å². The Bertz CT molecular complexity index is 2210. The van der Waals surface area contributed by atoms with Crippen LogP contribution in [0.4, 0.5) is 5.82 Å². The number of carbonyl (C=O) groups is 5. The number of benzene rings is 1. The average Bonchev–Trinajstić information content (AvgIpc) is 4.04. The molecule has 0 aliphatic carbocycles. The van der Waals surface area contributed by atoms with Crippen molar-refractivity contribution in [1.29, 1.82) is 0 Å². The lowest BCUT2D eigenvalue weighted by Crippen LogP contribution is -2.45. The van der Waals surface area contributed by atoms with Gasteiger partial charge in [0, 0.05) is 71.3 Å². The molecular weight excluding hydrogens is 729 g/mol. The number of ketones is 1. The lowest BCUT2D eigenvalue weighted by atomic mass is 9.89. The van der Waals surface area contributed by atoms with Gasteiger partial charge in [-0.15, -0.1) is 0 Å². The summed E-state index contributed by atoms with van der Waals surface area (Å²) in [5.74, 6) is -1.29. The van der Waals surface area contributed by atoms with Gasteiger partial charge in [0.15, 0.2) is 5.78 Å². The minimum atomic E-state index is -0.558. The monoisotopic (exact) mass is 780 g/mol. The highest BCUT2D eigenvalue weighted by atomic mass is 16.5. The van der Waals surface area contributed by atoms with Gasteiger partial charge in [-0.05, 0) is 67.4 Å². The molecule has 57 heavy (non-hydrogen) atoms. The van der Waals surface area contributed by atoms with Crippen molar-refractivity contribution in [2.75, 3.05) is 32.1 Å². The first-order valence-electron chi connectivity index (χ1n) is 19.9. The van der Waals surface area contributed by atoms with Gasteiger partial charge >= 0.3 is 5.97 Å². The average molecular weight is 781 g/mol. The number of carbonyl (C=O) groups excluding carboxylic acids is 5. The van der Waals surface area contributed by atoms with Crippen LogP contribution in [0.1, 0.15) is 101 Å². The van der Waals surface area contributed by atoms with Crippen molar-refractivity contribution in [2.45, 2.75) is 84.7 Å². The second-order valence-electron chi connectivity index (χ2n) is 16.2. The van der Waals surface area contributed by atoms with Crippen LogP contribution in [0, 0.1) is 23.7 Å². The number of nitrogens with one attached hydrogen (secondary N) is 4. The van der Waals surface area contributed by atoms with Crippen LogP contribution in [0.3, 0.4) is 0 Å². The van der Waals surface area contributed by atoms with E-state index in [9.17, 15) is 29.1 Å². The molecule has 3 unspecified atom stereocenters. The number of H-pyrrole nitrogens is 3. The minimum absolute atomic E-state index is 0.0212. The SMILES string of the molecule is COC(=O)C[C@H](C(=O)N1CCCC1c1ncc(NC(=O)c2cc3cc4cc(C5=CN=C(C6CCCN6C(=O)C(CC(=O)CO)C(C)C)C5)[nH]c4cc3[nH]2)[nH]1)C(C)C.